The minimum atomic E-state index is -4.18. The molecule has 2 amide bonds. The second-order valence-electron chi connectivity index (χ2n) is 10.3. The van der Waals surface area contributed by atoms with Gasteiger partial charge in [0, 0.05) is 12.6 Å². The average molecular weight is 594 g/mol. The number of carbonyl (C=O) groups is 2. The summed E-state index contributed by atoms with van der Waals surface area (Å²) in [5.41, 5.74) is 2.18. The third kappa shape index (κ3) is 8.35. The summed E-state index contributed by atoms with van der Waals surface area (Å²) in [5.74, 6) is -0.379. The summed E-state index contributed by atoms with van der Waals surface area (Å²) in [6.45, 7) is 9.52. The Labute approximate surface area is 250 Å². The van der Waals surface area contributed by atoms with Gasteiger partial charge >= 0.3 is 0 Å². The summed E-state index contributed by atoms with van der Waals surface area (Å²) in [5, 5.41) is 3.00. The SMILES string of the molecule is CCOc1ccccc1N(CC(=O)N(CCc1ccccc1)[C@@H](CC)C(=O)N[C@@H](C)CC)S(=O)(=O)c1ccc(C)cc1. The molecule has 0 aromatic heterocycles. The molecule has 0 radical (unpaired) electrons. The Hall–Kier alpha value is -3.85. The Bertz CT molecular complexity index is 1410. The number of anilines is 1. The van der Waals surface area contributed by atoms with Crippen LogP contribution in [0.15, 0.2) is 83.8 Å². The molecule has 1 N–H and O–H groups in total. The number of aryl methyl sites for hydroxylation is 1. The molecule has 226 valence electrons. The summed E-state index contributed by atoms with van der Waals surface area (Å²) < 4.78 is 35.1. The van der Waals surface area contributed by atoms with E-state index < -0.39 is 28.5 Å². The van der Waals surface area contributed by atoms with Gasteiger partial charge < -0.3 is 15.0 Å². The Morgan fingerprint density at radius 2 is 1.52 bits per heavy atom. The molecule has 0 spiro atoms. The van der Waals surface area contributed by atoms with Gasteiger partial charge in [0.25, 0.3) is 10.0 Å². The highest BCUT2D eigenvalue weighted by molar-refractivity contribution is 7.92. The number of hydrogen-bond acceptors (Lipinski definition) is 5. The Kier molecular flexibility index (Phi) is 12.0. The predicted molar refractivity (Wildman–Crippen MR) is 167 cm³/mol. The number of carbonyl (C=O) groups excluding carboxylic acids is 2. The van der Waals surface area contributed by atoms with E-state index in [4.69, 9.17) is 4.74 Å². The molecule has 0 aliphatic rings. The first-order valence-electron chi connectivity index (χ1n) is 14.6. The van der Waals surface area contributed by atoms with Crippen molar-refractivity contribution >= 4 is 27.5 Å². The summed E-state index contributed by atoms with van der Waals surface area (Å²) in [6, 6.07) is 22.2. The molecule has 42 heavy (non-hydrogen) atoms. The lowest BCUT2D eigenvalue weighted by Crippen LogP contribution is -2.54. The number of nitrogens with zero attached hydrogens (tertiary/aromatic N) is 2. The number of amides is 2. The largest absolute Gasteiger partial charge is 0.492 e. The van der Waals surface area contributed by atoms with Crippen molar-refractivity contribution in [3.8, 4) is 5.75 Å². The van der Waals surface area contributed by atoms with Crippen LogP contribution in [0.25, 0.3) is 0 Å². The molecular weight excluding hydrogens is 550 g/mol. The van der Waals surface area contributed by atoms with Gasteiger partial charge in [-0.3, -0.25) is 13.9 Å². The van der Waals surface area contributed by atoms with E-state index in [1.807, 2.05) is 65.0 Å². The predicted octanol–water partition coefficient (Wildman–Crippen LogP) is 5.35. The van der Waals surface area contributed by atoms with E-state index in [9.17, 15) is 18.0 Å². The van der Waals surface area contributed by atoms with Crippen LogP contribution in [0, 0.1) is 6.92 Å². The minimum absolute atomic E-state index is 0.0598. The molecule has 0 fully saturated rings. The fraction of sp³-hybridized carbons (Fsp3) is 0.394. The molecule has 0 aliphatic carbocycles. The molecule has 2 atom stereocenters. The normalized spacial score (nSPS) is 12.7. The van der Waals surface area contributed by atoms with Crippen LogP contribution in [-0.2, 0) is 26.0 Å². The maximum atomic E-state index is 14.2. The van der Waals surface area contributed by atoms with E-state index in [0.717, 1.165) is 21.9 Å². The first kappa shape index (κ1) is 32.7. The van der Waals surface area contributed by atoms with Crippen LogP contribution >= 0.6 is 0 Å². The number of hydrogen-bond donors (Lipinski definition) is 1. The Morgan fingerprint density at radius 3 is 2.14 bits per heavy atom. The molecule has 0 saturated heterocycles. The van der Waals surface area contributed by atoms with Gasteiger partial charge in [0.15, 0.2) is 0 Å². The monoisotopic (exact) mass is 593 g/mol. The summed E-state index contributed by atoms with van der Waals surface area (Å²) >= 11 is 0. The van der Waals surface area contributed by atoms with Crippen molar-refractivity contribution in [3.05, 3.63) is 90.0 Å². The molecule has 0 unspecified atom stereocenters. The smallest absolute Gasteiger partial charge is 0.264 e. The third-order valence-electron chi connectivity index (χ3n) is 7.19. The summed E-state index contributed by atoms with van der Waals surface area (Å²) in [7, 11) is -4.18. The Balaban J connectivity index is 2.06. The first-order valence-corrected chi connectivity index (χ1v) is 16.0. The van der Waals surface area contributed by atoms with E-state index in [1.165, 1.54) is 17.0 Å². The molecule has 3 aromatic rings. The van der Waals surface area contributed by atoms with Gasteiger partial charge in [0.1, 0.15) is 18.3 Å². The van der Waals surface area contributed by atoms with E-state index in [0.29, 0.717) is 25.2 Å². The fourth-order valence-electron chi connectivity index (χ4n) is 4.63. The standard InChI is InChI=1S/C33H43N3O5S/c1-6-26(5)34-33(38)29(7-2)35(23-22-27-14-10-9-11-15-27)32(37)24-36(30-16-12-13-17-31(30)41-8-3)42(39,40)28-20-18-25(4)19-21-28/h9-21,26,29H,6-8,22-24H2,1-5H3,(H,34,38)/t26-,29-/m0/s1. The second-order valence-corrected chi connectivity index (χ2v) is 12.2. The molecular formula is C33H43N3O5S. The Morgan fingerprint density at radius 1 is 0.881 bits per heavy atom. The molecule has 0 saturated carbocycles. The van der Waals surface area contributed by atoms with Gasteiger partial charge in [0.2, 0.25) is 11.8 Å². The minimum Gasteiger partial charge on any atom is -0.492 e. The molecule has 8 nitrogen and oxygen atoms in total. The van der Waals surface area contributed by atoms with Crippen LogP contribution in [0.4, 0.5) is 5.69 Å². The lowest BCUT2D eigenvalue weighted by Gasteiger charge is -2.34. The van der Waals surface area contributed by atoms with Crippen LogP contribution in [0.3, 0.4) is 0 Å². The number of para-hydroxylation sites is 2. The van der Waals surface area contributed by atoms with Crippen LogP contribution < -0.4 is 14.4 Å². The highest BCUT2D eigenvalue weighted by atomic mass is 32.2. The zero-order valence-corrected chi connectivity index (χ0v) is 26.1. The topological polar surface area (TPSA) is 96.0 Å². The number of ether oxygens (including phenoxy) is 1. The molecule has 9 heteroatoms. The maximum absolute atomic E-state index is 14.2. The maximum Gasteiger partial charge on any atom is 0.264 e. The van der Waals surface area contributed by atoms with Gasteiger partial charge in [-0.2, -0.15) is 0 Å². The van der Waals surface area contributed by atoms with Gasteiger partial charge in [-0.1, -0.05) is 74.0 Å². The van der Waals surface area contributed by atoms with Crippen LogP contribution in [0.5, 0.6) is 5.75 Å². The van der Waals surface area contributed by atoms with Gasteiger partial charge in [-0.25, -0.2) is 8.42 Å². The van der Waals surface area contributed by atoms with E-state index in [-0.39, 0.29) is 29.1 Å². The number of nitrogens with one attached hydrogen (secondary N) is 1. The first-order chi connectivity index (χ1) is 20.1. The fourth-order valence-corrected chi connectivity index (χ4v) is 6.05. The van der Waals surface area contributed by atoms with Crippen molar-refractivity contribution < 1.29 is 22.7 Å². The van der Waals surface area contributed by atoms with Crippen molar-refractivity contribution in [1.82, 2.24) is 10.2 Å². The number of sulfonamides is 1. The highest BCUT2D eigenvalue weighted by Crippen LogP contribution is 2.33. The zero-order chi connectivity index (χ0) is 30.7. The zero-order valence-electron chi connectivity index (χ0n) is 25.2. The molecule has 0 aliphatic heterocycles. The quantitative estimate of drug-likeness (QED) is 0.256. The van der Waals surface area contributed by atoms with Crippen molar-refractivity contribution in [2.45, 2.75) is 70.9 Å². The van der Waals surface area contributed by atoms with Gasteiger partial charge in [0.05, 0.1) is 17.2 Å². The molecule has 0 bridgehead atoms. The lowest BCUT2D eigenvalue weighted by atomic mass is 10.1. The number of benzene rings is 3. The van der Waals surface area contributed by atoms with Crippen LogP contribution in [0.1, 0.15) is 51.7 Å². The highest BCUT2D eigenvalue weighted by Gasteiger charge is 2.34. The van der Waals surface area contributed by atoms with Crippen molar-refractivity contribution in [3.63, 3.8) is 0 Å². The summed E-state index contributed by atoms with van der Waals surface area (Å²) in [4.78, 5) is 29.2. The second kappa shape index (κ2) is 15.4. The van der Waals surface area contributed by atoms with Crippen LogP contribution in [0.2, 0.25) is 0 Å². The average Bonchev–Trinajstić information content (AvgIpc) is 2.99. The van der Waals surface area contributed by atoms with Crippen LogP contribution in [-0.4, -0.2) is 56.9 Å². The summed E-state index contributed by atoms with van der Waals surface area (Å²) in [6.07, 6.45) is 1.64. The van der Waals surface area contributed by atoms with Gasteiger partial charge in [-0.05, 0) is 69.9 Å². The third-order valence-corrected chi connectivity index (χ3v) is 8.97. The molecule has 0 heterocycles. The van der Waals surface area contributed by atoms with Gasteiger partial charge in [-0.15, -0.1) is 0 Å². The van der Waals surface area contributed by atoms with E-state index in [1.54, 1.807) is 36.4 Å². The van der Waals surface area contributed by atoms with E-state index in [2.05, 4.69) is 5.32 Å². The van der Waals surface area contributed by atoms with Crippen molar-refractivity contribution in [2.24, 2.45) is 0 Å². The van der Waals surface area contributed by atoms with Crippen molar-refractivity contribution in [2.75, 3.05) is 24.0 Å². The van der Waals surface area contributed by atoms with Crippen molar-refractivity contribution in [1.29, 1.82) is 0 Å². The van der Waals surface area contributed by atoms with E-state index >= 15 is 0 Å². The number of rotatable bonds is 15. The molecule has 3 aromatic carbocycles. The molecule has 3 rings (SSSR count). The lowest BCUT2D eigenvalue weighted by molar-refractivity contribution is -0.139.